The van der Waals surface area contributed by atoms with Crippen LogP contribution in [0.3, 0.4) is 0 Å². The second kappa shape index (κ2) is 15.3. The van der Waals surface area contributed by atoms with Gasteiger partial charge in [0.2, 0.25) is 11.9 Å². The molecule has 2 N–H and O–H groups in total. The summed E-state index contributed by atoms with van der Waals surface area (Å²) in [6.07, 6.45) is -2.22. The van der Waals surface area contributed by atoms with E-state index in [1.165, 1.54) is 25.3 Å². The maximum atomic E-state index is 14.4. The van der Waals surface area contributed by atoms with Crippen molar-refractivity contribution in [1.82, 2.24) is 9.55 Å². The van der Waals surface area contributed by atoms with Gasteiger partial charge < -0.3 is 43.5 Å². The van der Waals surface area contributed by atoms with E-state index in [0.29, 0.717) is 23.3 Å². The first kappa shape index (κ1) is 41.2. The summed E-state index contributed by atoms with van der Waals surface area (Å²) in [7, 11) is 1.28. The van der Waals surface area contributed by atoms with Crippen LogP contribution >= 0.6 is 0 Å². The van der Waals surface area contributed by atoms with Crippen molar-refractivity contribution in [2.45, 2.75) is 105 Å². The molecule has 7 rings (SSSR count). The number of hydrogen-bond donors (Lipinski definition) is 1. The molecule has 2 aromatic carbocycles. The highest BCUT2D eigenvalue weighted by atomic mass is 16.7. The molecule has 4 aromatic rings. The summed E-state index contributed by atoms with van der Waals surface area (Å²) in [6, 6.07) is 11.1. The maximum Gasteiger partial charge on any atom is 0.514 e. The number of carbonyl (C=O) groups is 4. The molecule has 3 aliphatic rings. The van der Waals surface area contributed by atoms with E-state index in [2.05, 4.69) is 0 Å². The standard InChI is InChI=1S/C44H49N3O12/c1-10-26-28-17-25(55-42(52)59-43(6,7)8)13-15-32(28)46-35-29(26)19-47-33(35)18-31-30(37(47)48)20-54-41(51)44(31,11-2)58-38(49)27-14-12-24(45)16-34(27)56-40-23(5)21(3)22(4)36(57-40)39(50)53-9/h12-18,21-23,36,40H,10-11,19-20,45H2,1-9H3/t21-,22-,23+,36-,40+,44-/m0/s1. The van der Waals surface area contributed by atoms with E-state index in [9.17, 15) is 24.0 Å². The number of fused-ring (bicyclic) bond motifs is 5. The van der Waals surface area contributed by atoms with Crippen molar-refractivity contribution in [3.8, 4) is 22.9 Å². The Morgan fingerprint density at radius 2 is 1.73 bits per heavy atom. The predicted octanol–water partition coefficient (Wildman–Crippen LogP) is 6.59. The topological polar surface area (TPSA) is 194 Å². The molecule has 0 aliphatic carbocycles. The molecular weight excluding hydrogens is 762 g/mol. The summed E-state index contributed by atoms with van der Waals surface area (Å²) in [5.41, 5.74) is 6.82. The van der Waals surface area contributed by atoms with Crippen LogP contribution < -0.4 is 20.8 Å². The molecule has 3 aliphatic heterocycles. The van der Waals surface area contributed by atoms with Crippen LogP contribution in [0.15, 0.2) is 47.3 Å². The van der Waals surface area contributed by atoms with Gasteiger partial charge >= 0.3 is 24.1 Å². The van der Waals surface area contributed by atoms with Gasteiger partial charge in [0.1, 0.15) is 29.3 Å². The largest absolute Gasteiger partial charge is 0.514 e. The summed E-state index contributed by atoms with van der Waals surface area (Å²) in [5.74, 6) is -2.47. The lowest BCUT2D eigenvalue weighted by molar-refractivity contribution is -0.222. The Labute approximate surface area is 341 Å². The van der Waals surface area contributed by atoms with E-state index in [-0.39, 0.29) is 71.2 Å². The fourth-order valence-electron chi connectivity index (χ4n) is 8.19. The summed E-state index contributed by atoms with van der Waals surface area (Å²) in [4.78, 5) is 72.6. The summed E-state index contributed by atoms with van der Waals surface area (Å²) >= 11 is 0. The van der Waals surface area contributed by atoms with E-state index in [4.69, 9.17) is 43.9 Å². The Morgan fingerprint density at radius 3 is 2.41 bits per heavy atom. The van der Waals surface area contributed by atoms with Gasteiger partial charge in [0, 0.05) is 34.2 Å². The number of anilines is 1. The molecule has 0 saturated carbocycles. The number of methoxy groups -OCH3 is 1. The van der Waals surface area contributed by atoms with Crippen molar-refractivity contribution in [1.29, 1.82) is 0 Å². The molecule has 1 fully saturated rings. The Hall–Kier alpha value is -5.96. The van der Waals surface area contributed by atoms with Gasteiger partial charge in [-0.1, -0.05) is 34.6 Å². The normalized spacial score (nSPS) is 23.3. The van der Waals surface area contributed by atoms with E-state index in [1.807, 2.05) is 27.7 Å². The average molecular weight is 812 g/mol. The molecule has 5 heterocycles. The fraction of sp³-hybridized carbons (Fsp3) is 0.455. The summed E-state index contributed by atoms with van der Waals surface area (Å²) in [5, 5.41) is 0.743. The first-order valence-corrected chi connectivity index (χ1v) is 19.7. The number of aromatic nitrogens is 2. The van der Waals surface area contributed by atoms with Crippen LogP contribution in [0.2, 0.25) is 0 Å². The smallest absolute Gasteiger partial charge is 0.467 e. The number of esters is 3. The van der Waals surface area contributed by atoms with Gasteiger partial charge in [-0.15, -0.1) is 0 Å². The lowest BCUT2D eigenvalue weighted by atomic mass is 9.79. The van der Waals surface area contributed by atoms with Crippen molar-refractivity contribution in [2.75, 3.05) is 12.8 Å². The lowest BCUT2D eigenvalue weighted by Crippen LogP contribution is -2.50. The molecule has 59 heavy (non-hydrogen) atoms. The summed E-state index contributed by atoms with van der Waals surface area (Å²) < 4.78 is 41.5. The number of pyridine rings is 2. The molecule has 0 bridgehead atoms. The van der Waals surface area contributed by atoms with Crippen molar-refractivity contribution in [3.05, 3.63) is 80.6 Å². The molecular formula is C44H49N3O12. The van der Waals surface area contributed by atoms with Gasteiger partial charge in [-0.2, -0.15) is 0 Å². The number of cyclic esters (lactones) is 1. The monoisotopic (exact) mass is 811 g/mol. The van der Waals surface area contributed by atoms with Gasteiger partial charge in [0.05, 0.1) is 36.1 Å². The zero-order valence-electron chi connectivity index (χ0n) is 34.6. The van der Waals surface area contributed by atoms with Gasteiger partial charge in [0.25, 0.3) is 5.56 Å². The molecule has 0 unspecified atom stereocenters. The summed E-state index contributed by atoms with van der Waals surface area (Å²) in [6.45, 7) is 14.5. The van der Waals surface area contributed by atoms with Crippen molar-refractivity contribution < 1.29 is 52.3 Å². The van der Waals surface area contributed by atoms with Crippen LogP contribution in [0, 0.1) is 17.8 Å². The number of aryl methyl sites for hydroxylation is 1. The number of rotatable bonds is 8. The fourth-order valence-corrected chi connectivity index (χ4v) is 8.19. The van der Waals surface area contributed by atoms with Gasteiger partial charge in [-0.3, -0.25) is 4.79 Å². The molecule has 2 aromatic heterocycles. The minimum atomic E-state index is -2.02. The predicted molar refractivity (Wildman–Crippen MR) is 214 cm³/mol. The highest BCUT2D eigenvalue weighted by molar-refractivity contribution is 5.97. The van der Waals surface area contributed by atoms with Crippen LogP contribution in [-0.4, -0.2) is 58.7 Å². The quantitative estimate of drug-likeness (QED) is 0.0763. The average Bonchev–Trinajstić information content (AvgIpc) is 3.55. The van der Waals surface area contributed by atoms with E-state index < -0.39 is 53.2 Å². The number of hydrogen-bond acceptors (Lipinski definition) is 14. The van der Waals surface area contributed by atoms with Crippen molar-refractivity contribution in [2.24, 2.45) is 17.8 Å². The first-order valence-electron chi connectivity index (χ1n) is 19.7. The van der Waals surface area contributed by atoms with Crippen LogP contribution in [0.5, 0.6) is 11.5 Å². The van der Waals surface area contributed by atoms with Crippen LogP contribution in [0.25, 0.3) is 22.3 Å². The van der Waals surface area contributed by atoms with E-state index in [0.717, 1.165) is 16.5 Å². The molecule has 15 nitrogen and oxygen atoms in total. The molecule has 15 heteroatoms. The second-order valence-corrected chi connectivity index (χ2v) is 16.4. The number of nitrogens with two attached hydrogens (primary N) is 1. The number of nitrogen functional groups attached to an aromatic ring is 1. The first-order chi connectivity index (χ1) is 27.9. The van der Waals surface area contributed by atoms with E-state index >= 15 is 0 Å². The zero-order chi connectivity index (χ0) is 42.7. The minimum absolute atomic E-state index is 0.0126. The number of carbonyl (C=O) groups excluding carboxylic acids is 4. The second-order valence-electron chi connectivity index (χ2n) is 16.4. The van der Waals surface area contributed by atoms with Gasteiger partial charge in [-0.25, -0.2) is 24.2 Å². The van der Waals surface area contributed by atoms with Crippen molar-refractivity contribution in [3.63, 3.8) is 0 Å². The van der Waals surface area contributed by atoms with Crippen LogP contribution in [0.4, 0.5) is 10.5 Å². The zero-order valence-corrected chi connectivity index (χ0v) is 34.6. The van der Waals surface area contributed by atoms with Crippen LogP contribution in [-0.2, 0) is 58.4 Å². The number of benzene rings is 2. The van der Waals surface area contributed by atoms with E-state index in [1.54, 1.807) is 56.5 Å². The highest BCUT2D eigenvalue weighted by Gasteiger charge is 2.51. The van der Waals surface area contributed by atoms with Crippen molar-refractivity contribution >= 4 is 40.7 Å². The number of nitrogens with zero attached hydrogens (tertiary/aromatic N) is 2. The molecule has 0 amide bonds. The Morgan fingerprint density at radius 1 is 0.983 bits per heavy atom. The SMILES string of the molecule is CCc1c2c(nc3ccc(OC(=O)OC(C)(C)C)cc13)-c1cc3c(c(=O)n1C2)COC(=O)[C@@]3(CC)OC(=O)c1ccc(N)cc1O[C@@H]1O[C@H](C(=O)OC)[C@@H](C)[C@H](C)[C@H]1C. The van der Waals surface area contributed by atoms with Gasteiger partial charge in [0.15, 0.2) is 6.10 Å². The van der Waals surface area contributed by atoms with Gasteiger partial charge in [-0.05, 0) is 87.4 Å². The third-order valence-corrected chi connectivity index (χ3v) is 11.7. The molecule has 0 radical (unpaired) electrons. The maximum absolute atomic E-state index is 14.4. The third kappa shape index (κ3) is 7.25. The molecule has 6 atom stereocenters. The van der Waals surface area contributed by atoms with Crippen LogP contribution in [0.1, 0.15) is 94.4 Å². The lowest BCUT2D eigenvalue weighted by Gasteiger charge is -2.42. The highest BCUT2D eigenvalue weighted by Crippen LogP contribution is 2.44. The third-order valence-electron chi connectivity index (χ3n) is 11.7. The molecule has 312 valence electrons. The Bertz CT molecular complexity index is 2450. The Kier molecular flexibility index (Phi) is 10.7. The Balaban J connectivity index is 1.25. The molecule has 0 spiro atoms. The number of ether oxygens (including phenoxy) is 7. The minimum Gasteiger partial charge on any atom is -0.467 e. The molecule has 1 saturated heterocycles.